The summed E-state index contributed by atoms with van der Waals surface area (Å²) in [6.07, 6.45) is -0.573. The predicted molar refractivity (Wildman–Crippen MR) is 73.9 cm³/mol. The van der Waals surface area contributed by atoms with Gasteiger partial charge < -0.3 is 14.6 Å². The van der Waals surface area contributed by atoms with Gasteiger partial charge in [0.1, 0.15) is 11.3 Å². The Morgan fingerprint density at radius 1 is 0.950 bits per heavy atom. The molecule has 0 saturated heterocycles. The third-order valence-corrected chi connectivity index (χ3v) is 2.47. The van der Waals surface area contributed by atoms with E-state index in [1.165, 1.54) is 12.1 Å². The largest absolute Gasteiger partial charge is 0.507 e. The molecule has 0 spiro atoms. The molecule has 0 saturated carbocycles. The first-order valence-electron chi connectivity index (χ1n) is 6.48. The molecule has 0 aliphatic heterocycles. The molecule has 20 heavy (non-hydrogen) atoms. The number of carbonyl (C=O) groups excluding carboxylic acids is 2. The Labute approximate surface area is 118 Å². The summed E-state index contributed by atoms with van der Waals surface area (Å²) in [6, 6.07) is 2.66. The number of aryl methyl sites for hydroxylation is 1. The van der Waals surface area contributed by atoms with E-state index in [1.54, 1.807) is 34.6 Å². The summed E-state index contributed by atoms with van der Waals surface area (Å²) in [4.78, 5) is 23.8. The number of ether oxygens (including phenoxy) is 2. The van der Waals surface area contributed by atoms with Crippen molar-refractivity contribution < 1.29 is 24.2 Å². The third kappa shape index (κ3) is 3.98. The number of phenols is 1. The van der Waals surface area contributed by atoms with Crippen LogP contribution in [0, 0.1) is 6.92 Å². The number of benzene rings is 1. The number of phenolic OH excluding ortho intramolecular Hbond substituents is 1. The van der Waals surface area contributed by atoms with E-state index < -0.39 is 11.9 Å². The van der Waals surface area contributed by atoms with Gasteiger partial charge in [-0.25, -0.2) is 9.59 Å². The highest BCUT2D eigenvalue weighted by atomic mass is 16.5. The second-order valence-corrected chi connectivity index (χ2v) is 5.09. The molecule has 0 unspecified atom stereocenters. The summed E-state index contributed by atoms with van der Waals surface area (Å²) in [5.74, 6) is -1.42. The first-order chi connectivity index (χ1) is 9.22. The molecule has 1 aromatic rings. The van der Waals surface area contributed by atoms with Crippen molar-refractivity contribution >= 4 is 11.9 Å². The number of hydrogen-bond donors (Lipinski definition) is 1. The monoisotopic (exact) mass is 280 g/mol. The lowest BCUT2D eigenvalue weighted by Gasteiger charge is -2.13. The molecule has 0 radical (unpaired) electrons. The first kappa shape index (κ1) is 16.0. The van der Waals surface area contributed by atoms with Crippen molar-refractivity contribution in [2.24, 2.45) is 0 Å². The quantitative estimate of drug-likeness (QED) is 0.858. The van der Waals surface area contributed by atoms with Gasteiger partial charge in [0.2, 0.25) is 0 Å². The van der Waals surface area contributed by atoms with Crippen LogP contribution in [-0.2, 0) is 9.47 Å². The molecule has 0 heterocycles. The van der Waals surface area contributed by atoms with Crippen LogP contribution in [0.3, 0.4) is 0 Å². The number of aromatic hydroxyl groups is 1. The van der Waals surface area contributed by atoms with Gasteiger partial charge >= 0.3 is 11.9 Å². The molecule has 110 valence electrons. The van der Waals surface area contributed by atoms with Crippen LogP contribution in [0.15, 0.2) is 12.1 Å². The zero-order chi connectivity index (χ0) is 15.4. The standard InChI is InChI=1S/C15H20O5/c1-8(2)19-14(17)11-7-12(13(16)6-10(11)5)15(18)20-9(3)4/h6-9,16H,1-5H3. The highest BCUT2D eigenvalue weighted by molar-refractivity contribution is 5.98. The summed E-state index contributed by atoms with van der Waals surface area (Å²) in [6.45, 7) is 8.55. The molecule has 0 aliphatic carbocycles. The van der Waals surface area contributed by atoms with Gasteiger partial charge in [0.15, 0.2) is 0 Å². The van der Waals surface area contributed by atoms with Crippen molar-refractivity contribution in [1.29, 1.82) is 0 Å². The Morgan fingerprint density at radius 3 is 1.85 bits per heavy atom. The molecule has 5 heteroatoms. The molecule has 5 nitrogen and oxygen atoms in total. The van der Waals surface area contributed by atoms with Crippen LogP contribution < -0.4 is 0 Å². The second-order valence-electron chi connectivity index (χ2n) is 5.09. The summed E-state index contributed by atoms with van der Waals surface area (Å²) in [7, 11) is 0. The van der Waals surface area contributed by atoms with E-state index in [4.69, 9.17) is 9.47 Å². The van der Waals surface area contributed by atoms with Crippen LogP contribution in [0.5, 0.6) is 5.75 Å². The Hall–Kier alpha value is -2.04. The second kappa shape index (κ2) is 6.41. The summed E-state index contributed by atoms with van der Waals surface area (Å²) in [5, 5.41) is 9.81. The summed E-state index contributed by atoms with van der Waals surface area (Å²) < 4.78 is 10.1. The van der Waals surface area contributed by atoms with Gasteiger partial charge in [-0.2, -0.15) is 0 Å². The van der Waals surface area contributed by atoms with Crippen LogP contribution >= 0.6 is 0 Å². The Morgan fingerprint density at radius 2 is 1.40 bits per heavy atom. The van der Waals surface area contributed by atoms with Crippen LogP contribution in [-0.4, -0.2) is 29.3 Å². The average molecular weight is 280 g/mol. The minimum absolute atomic E-state index is 0.0417. The highest BCUT2D eigenvalue weighted by Crippen LogP contribution is 2.24. The van der Waals surface area contributed by atoms with E-state index in [0.717, 1.165) is 0 Å². The van der Waals surface area contributed by atoms with E-state index in [1.807, 2.05) is 0 Å². The smallest absolute Gasteiger partial charge is 0.342 e. The van der Waals surface area contributed by atoms with Gasteiger partial charge in [0.05, 0.1) is 17.8 Å². The molecular formula is C15H20O5. The van der Waals surface area contributed by atoms with Crippen molar-refractivity contribution in [3.05, 3.63) is 28.8 Å². The number of rotatable bonds is 4. The average Bonchev–Trinajstić information content (AvgIpc) is 2.26. The number of carbonyl (C=O) groups is 2. The van der Waals surface area contributed by atoms with Gasteiger partial charge in [0, 0.05) is 0 Å². The lowest BCUT2D eigenvalue weighted by atomic mass is 10.0. The fraction of sp³-hybridized carbons (Fsp3) is 0.467. The minimum Gasteiger partial charge on any atom is -0.507 e. The van der Waals surface area contributed by atoms with Crippen molar-refractivity contribution in [2.45, 2.75) is 46.8 Å². The molecular weight excluding hydrogens is 260 g/mol. The van der Waals surface area contributed by atoms with E-state index >= 15 is 0 Å². The van der Waals surface area contributed by atoms with E-state index in [-0.39, 0.29) is 29.1 Å². The van der Waals surface area contributed by atoms with Gasteiger partial charge in [-0.15, -0.1) is 0 Å². The van der Waals surface area contributed by atoms with E-state index in [9.17, 15) is 14.7 Å². The van der Waals surface area contributed by atoms with Gasteiger partial charge in [-0.1, -0.05) is 0 Å². The van der Waals surface area contributed by atoms with Crippen molar-refractivity contribution in [2.75, 3.05) is 0 Å². The van der Waals surface area contributed by atoms with Crippen LogP contribution in [0.1, 0.15) is 54.0 Å². The third-order valence-electron chi connectivity index (χ3n) is 2.47. The molecule has 0 aromatic heterocycles. The van der Waals surface area contributed by atoms with Gasteiger partial charge in [-0.05, 0) is 52.3 Å². The zero-order valence-corrected chi connectivity index (χ0v) is 12.4. The molecule has 1 rings (SSSR count). The van der Waals surface area contributed by atoms with E-state index in [0.29, 0.717) is 5.56 Å². The van der Waals surface area contributed by atoms with E-state index in [2.05, 4.69) is 0 Å². The molecule has 0 fully saturated rings. The zero-order valence-electron chi connectivity index (χ0n) is 12.4. The maximum atomic E-state index is 11.9. The fourth-order valence-corrected chi connectivity index (χ4v) is 1.63. The lowest BCUT2D eigenvalue weighted by Crippen LogP contribution is -2.16. The van der Waals surface area contributed by atoms with Crippen molar-refractivity contribution in [1.82, 2.24) is 0 Å². The number of hydrogen-bond acceptors (Lipinski definition) is 5. The summed E-state index contributed by atoms with van der Waals surface area (Å²) >= 11 is 0. The Bertz CT molecular complexity index is 474. The maximum Gasteiger partial charge on any atom is 0.342 e. The number of esters is 2. The van der Waals surface area contributed by atoms with Gasteiger partial charge in [-0.3, -0.25) is 0 Å². The molecule has 0 aliphatic rings. The SMILES string of the molecule is Cc1cc(O)c(C(=O)OC(C)C)cc1C(=O)OC(C)C. The Balaban J connectivity index is 3.15. The van der Waals surface area contributed by atoms with Crippen molar-refractivity contribution in [3.8, 4) is 5.75 Å². The van der Waals surface area contributed by atoms with Crippen LogP contribution in [0.4, 0.5) is 0 Å². The molecule has 0 bridgehead atoms. The minimum atomic E-state index is -0.670. The van der Waals surface area contributed by atoms with Crippen LogP contribution in [0.2, 0.25) is 0 Å². The normalized spacial score (nSPS) is 10.8. The maximum absolute atomic E-state index is 11.9. The summed E-state index contributed by atoms with van der Waals surface area (Å²) in [5.41, 5.74) is 0.737. The topological polar surface area (TPSA) is 72.8 Å². The molecule has 0 amide bonds. The highest BCUT2D eigenvalue weighted by Gasteiger charge is 2.20. The first-order valence-corrected chi connectivity index (χ1v) is 6.48. The predicted octanol–water partition coefficient (Wildman–Crippen LogP) is 2.83. The molecule has 1 aromatic carbocycles. The Kier molecular flexibility index (Phi) is 5.13. The molecule has 0 atom stereocenters. The van der Waals surface area contributed by atoms with Gasteiger partial charge in [0.25, 0.3) is 0 Å². The van der Waals surface area contributed by atoms with Crippen molar-refractivity contribution in [3.63, 3.8) is 0 Å². The lowest BCUT2D eigenvalue weighted by molar-refractivity contribution is 0.0374. The molecule has 1 N–H and O–H groups in total. The fourth-order valence-electron chi connectivity index (χ4n) is 1.63. The van der Waals surface area contributed by atoms with Crippen LogP contribution in [0.25, 0.3) is 0 Å².